The van der Waals surface area contributed by atoms with Crippen molar-refractivity contribution in [1.29, 1.82) is 0 Å². The Morgan fingerprint density at radius 3 is 2.73 bits per heavy atom. The van der Waals surface area contributed by atoms with Crippen LogP contribution in [0.15, 0.2) is 18.3 Å². The molecule has 0 fully saturated rings. The first kappa shape index (κ1) is 9.53. The molecule has 7 nitrogen and oxygen atoms in total. The summed E-state index contributed by atoms with van der Waals surface area (Å²) in [5.41, 5.74) is -0.160. The highest BCUT2D eigenvalue weighted by Gasteiger charge is 2.09. The third kappa shape index (κ3) is 1.91. The summed E-state index contributed by atoms with van der Waals surface area (Å²) in [6, 6.07) is 3.04. The summed E-state index contributed by atoms with van der Waals surface area (Å²) >= 11 is 5.54. The number of carboxylic acid groups (broad SMARTS) is 1. The Labute approximate surface area is 88.3 Å². The van der Waals surface area contributed by atoms with E-state index in [1.165, 1.54) is 12.1 Å². The largest absolute Gasteiger partial charge is 0.476 e. The summed E-state index contributed by atoms with van der Waals surface area (Å²) in [4.78, 5) is 11.6. The maximum absolute atomic E-state index is 10.5. The van der Waals surface area contributed by atoms with Crippen LogP contribution < -0.4 is 0 Å². The first-order valence-corrected chi connectivity index (χ1v) is 4.20. The van der Waals surface area contributed by atoms with Crippen molar-refractivity contribution in [1.82, 2.24) is 25.2 Å². The van der Waals surface area contributed by atoms with Crippen LogP contribution in [0.1, 0.15) is 10.5 Å². The normalized spacial score (nSPS) is 10.2. The lowest BCUT2D eigenvalue weighted by Gasteiger charge is -1.95. The fourth-order valence-electron chi connectivity index (χ4n) is 0.887. The first-order valence-electron chi connectivity index (χ1n) is 3.82. The van der Waals surface area contributed by atoms with Crippen molar-refractivity contribution in [2.45, 2.75) is 0 Å². The predicted octanol–water partition coefficient (Wildman–Crippen LogP) is 0.409. The van der Waals surface area contributed by atoms with Gasteiger partial charge in [0.1, 0.15) is 0 Å². The van der Waals surface area contributed by atoms with E-state index in [1.54, 1.807) is 0 Å². The highest BCUT2D eigenvalue weighted by molar-refractivity contribution is 6.29. The highest BCUT2D eigenvalue weighted by Crippen LogP contribution is 2.05. The number of hydrogen-bond acceptors (Lipinski definition) is 5. The molecule has 0 saturated heterocycles. The van der Waals surface area contributed by atoms with Crippen molar-refractivity contribution in [2.24, 2.45) is 0 Å². The van der Waals surface area contributed by atoms with Crippen LogP contribution in [0.3, 0.4) is 0 Å². The minimum Gasteiger partial charge on any atom is -0.476 e. The number of halogens is 1. The molecule has 0 unspecified atom stereocenters. The standard InChI is InChI=1S/C7H4ClN5O2/c8-5-1-2-6(11-10-5)13-9-3-4(12-13)7(14)15/h1-3H,(H,14,15). The van der Waals surface area contributed by atoms with Crippen LogP contribution in [0, 0.1) is 0 Å². The van der Waals surface area contributed by atoms with E-state index < -0.39 is 5.97 Å². The van der Waals surface area contributed by atoms with Gasteiger partial charge in [-0.2, -0.15) is 5.10 Å². The average Bonchev–Trinajstić information content (AvgIpc) is 2.68. The van der Waals surface area contributed by atoms with Crippen LogP contribution in [-0.4, -0.2) is 36.3 Å². The Bertz CT molecular complexity index is 494. The maximum Gasteiger partial charge on any atom is 0.358 e. The molecule has 0 aliphatic carbocycles. The highest BCUT2D eigenvalue weighted by atomic mass is 35.5. The van der Waals surface area contributed by atoms with Crippen molar-refractivity contribution >= 4 is 17.6 Å². The minimum absolute atomic E-state index is 0.160. The molecule has 0 radical (unpaired) electrons. The van der Waals surface area contributed by atoms with Crippen LogP contribution in [-0.2, 0) is 0 Å². The summed E-state index contributed by atoms with van der Waals surface area (Å²) < 4.78 is 0. The van der Waals surface area contributed by atoms with Crippen molar-refractivity contribution < 1.29 is 9.90 Å². The number of rotatable bonds is 2. The summed E-state index contributed by atoms with van der Waals surface area (Å²) in [5.74, 6) is -0.852. The second kappa shape index (κ2) is 3.62. The van der Waals surface area contributed by atoms with E-state index in [1.807, 2.05) is 0 Å². The summed E-state index contributed by atoms with van der Waals surface area (Å²) in [5, 5.41) is 23.5. The Hall–Kier alpha value is -2.02. The number of carbonyl (C=O) groups is 1. The van der Waals surface area contributed by atoms with Gasteiger partial charge < -0.3 is 5.11 Å². The number of carboxylic acids is 1. The van der Waals surface area contributed by atoms with Gasteiger partial charge in [0, 0.05) is 0 Å². The van der Waals surface area contributed by atoms with Crippen LogP contribution in [0.2, 0.25) is 5.15 Å². The molecule has 0 saturated carbocycles. The Morgan fingerprint density at radius 2 is 2.20 bits per heavy atom. The van der Waals surface area contributed by atoms with Gasteiger partial charge in [0.25, 0.3) is 0 Å². The van der Waals surface area contributed by atoms with E-state index in [2.05, 4.69) is 20.4 Å². The van der Waals surface area contributed by atoms with Crippen LogP contribution in [0.4, 0.5) is 0 Å². The molecule has 8 heteroatoms. The van der Waals surface area contributed by atoms with Gasteiger partial charge in [0.2, 0.25) is 0 Å². The summed E-state index contributed by atoms with van der Waals surface area (Å²) in [6.07, 6.45) is 1.12. The quantitative estimate of drug-likeness (QED) is 0.796. The van der Waals surface area contributed by atoms with E-state index in [0.717, 1.165) is 11.0 Å². The van der Waals surface area contributed by atoms with Gasteiger partial charge in [0.15, 0.2) is 16.7 Å². The van der Waals surface area contributed by atoms with Crippen molar-refractivity contribution in [2.75, 3.05) is 0 Å². The van der Waals surface area contributed by atoms with Gasteiger partial charge in [-0.3, -0.25) is 0 Å². The molecule has 0 bridgehead atoms. The molecule has 0 atom stereocenters. The molecule has 0 aliphatic heterocycles. The molecule has 2 heterocycles. The van der Waals surface area contributed by atoms with Crippen molar-refractivity contribution in [3.8, 4) is 5.82 Å². The molecule has 0 amide bonds. The lowest BCUT2D eigenvalue weighted by Crippen LogP contribution is -2.04. The van der Waals surface area contributed by atoms with Gasteiger partial charge in [-0.25, -0.2) is 4.79 Å². The van der Waals surface area contributed by atoms with Gasteiger partial charge in [-0.1, -0.05) is 11.6 Å². The number of aromatic nitrogens is 5. The smallest absolute Gasteiger partial charge is 0.358 e. The molecule has 2 aromatic rings. The van der Waals surface area contributed by atoms with Gasteiger partial charge in [-0.15, -0.1) is 20.1 Å². The minimum atomic E-state index is -1.15. The second-order valence-electron chi connectivity index (χ2n) is 2.54. The van der Waals surface area contributed by atoms with Gasteiger partial charge >= 0.3 is 5.97 Å². The molecule has 2 rings (SSSR count). The van der Waals surface area contributed by atoms with E-state index in [-0.39, 0.29) is 10.8 Å². The van der Waals surface area contributed by atoms with Crippen LogP contribution in [0.5, 0.6) is 0 Å². The van der Waals surface area contributed by atoms with E-state index in [9.17, 15) is 4.79 Å². The van der Waals surface area contributed by atoms with Crippen LogP contribution in [0.25, 0.3) is 5.82 Å². The molecular formula is C7H4ClN5O2. The summed E-state index contributed by atoms with van der Waals surface area (Å²) in [7, 11) is 0. The average molecular weight is 226 g/mol. The molecule has 2 aromatic heterocycles. The van der Waals surface area contributed by atoms with Crippen LogP contribution >= 0.6 is 11.6 Å². The van der Waals surface area contributed by atoms with Gasteiger partial charge in [-0.05, 0) is 12.1 Å². The summed E-state index contributed by atoms with van der Waals surface area (Å²) in [6.45, 7) is 0. The first-order chi connectivity index (χ1) is 7.16. The molecule has 1 N–H and O–H groups in total. The molecule has 0 aromatic carbocycles. The fraction of sp³-hybridized carbons (Fsp3) is 0. The Kier molecular flexibility index (Phi) is 2.30. The van der Waals surface area contributed by atoms with Crippen molar-refractivity contribution in [3.63, 3.8) is 0 Å². The zero-order valence-electron chi connectivity index (χ0n) is 7.20. The van der Waals surface area contributed by atoms with E-state index in [0.29, 0.717) is 5.82 Å². The maximum atomic E-state index is 10.5. The number of hydrogen-bond donors (Lipinski definition) is 1. The second-order valence-corrected chi connectivity index (χ2v) is 2.93. The zero-order chi connectivity index (χ0) is 10.8. The molecule has 0 spiro atoms. The number of aromatic carboxylic acids is 1. The van der Waals surface area contributed by atoms with Gasteiger partial charge in [0.05, 0.1) is 6.20 Å². The SMILES string of the molecule is O=C(O)c1cnn(-c2ccc(Cl)nn2)n1. The molecule has 76 valence electrons. The lowest BCUT2D eigenvalue weighted by atomic mass is 10.5. The predicted molar refractivity (Wildman–Crippen MR) is 48.9 cm³/mol. The third-order valence-electron chi connectivity index (χ3n) is 1.53. The van der Waals surface area contributed by atoms with E-state index >= 15 is 0 Å². The van der Waals surface area contributed by atoms with Crippen molar-refractivity contribution in [3.05, 3.63) is 29.2 Å². The van der Waals surface area contributed by atoms with E-state index in [4.69, 9.17) is 16.7 Å². The molecular weight excluding hydrogens is 222 g/mol. The third-order valence-corrected chi connectivity index (χ3v) is 1.74. The Morgan fingerprint density at radius 1 is 1.40 bits per heavy atom. The lowest BCUT2D eigenvalue weighted by molar-refractivity contribution is 0.0690. The molecule has 15 heavy (non-hydrogen) atoms. The Balaban J connectivity index is 2.37. The number of nitrogens with zero attached hydrogens (tertiary/aromatic N) is 5. The fourth-order valence-corrected chi connectivity index (χ4v) is 0.988. The topological polar surface area (TPSA) is 93.8 Å². The molecule has 0 aliphatic rings. The monoisotopic (exact) mass is 225 g/mol. The zero-order valence-corrected chi connectivity index (χ0v) is 7.96.